The van der Waals surface area contributed by atoms with E-state index in [0.717, 1.165) is 0 Å². The van der Waals surface area contributed by atoms with Crippen LogP contribution in [-0.2, 0) is 4.79 Å². The van der Waals surface area contributed by atoms with Gasteiger partial charge in [-0.25, -0.2) is 0 Å². The molecule has 0 fully saturated rings. The molecule has 0 unspecified atom stereocenters. The minimum atomic E-state index is -0.160. The molecule has 0 aliphatic rings. The molecule has 0 aromatic heterocycles. The van der Waals surface area contributed by atoms with Crippen LogP contribution in [0.1, 0.15) is 6.92 Å². The summed E-state index contributed by atoms with van der Waals surface area (Å²) in [4.78, 5) is 10.7. The Morgan fingerprint density at radius 1 is 1.42 bits per heavy atom. The van der Waals surface area contributed by atoms with Gasteiger partial charge < -0.3 is 16.8 Å². The maximum atomic E-state index is 10.7. The Bertz CT molecular complexity index is 309. The van der Waals surface area contributed by atoms with E-state index in [9.17, 15) is 4.79 Å². The summed E-state index contributed by atoms with van der Waals surface area (Å²) in [6, 6.07) is 5.12. The number of nitrogens with one attached hydrogen (secondary N) is 1. The molecule has 0 bridgehead atoms. The second-order valence-corrected chi connectivity index (χ2v) is 2.49. The standard InChI is InChI=1S/C8H11N3O/c1-5(12)11-7-4-2-3-6(9)8(7)10/h2-4H,9-10H2,1H3,(H,11,12). The van der Waals surface area contributed by atoms with E-state index in [1.165, 1.54) is 6.92 Å². The van der Waals surface area contributed by atoms with Crippen LogP contribution in [0.25, 0.3) is 0 Å². The maximum Gasteiger partial charge on any atom is 0.221 e. The summed E-state index contributed by atoms with van der Waals surface area (Å²) >= 11 is 0. The highest BCUT2D eigenvalue weighted by atomic mass is 16.1. The molecule has 0 spiro atoms. The number of para-hydroxylation sites is 1. The molecule has 0 radical (unpaired) electrons. The molecule has 5 N–H and O–H groups in total. The van der Waals surface area contributed by atoms with Crippen molar-refractivity contribution in [2.75, 3.05) is 16.8 Å². The Balaban J connectivity index is 3.00. The average Bonchev–Trinajstić information content (AvgIpc) is 1.98. The predicted octanol–water partition coefficient (Wildman–Crippen LogP) is 0.809. The highest BCUT2D eigenvalue weighted by molar-refractivity contribution is 5.94. The van der Waals surface area contributed by atoms with Gasteiger partial charge >= 0.3 is 0 Å². The van der Waals surface area contributed by atoms with E-state index in [1.54, 1.807) is 18.2 Å². The van der Waals surface area contributed by atoms with Crippen LogP contribution < -0.4 is 16.8 Å². The molecule has 0 saturated carbocycles. The summed E-state index contributed by atoms with van der Waals surface area (Å²) in [5.74, 6) is -0.160. The van der Waals surface area contributed by atoms with Gasteiger partial charge in [0.05, 0.1) is 17.1 Å². The van der Waals surface area contributed by atoms with Crippen LogP contribution in [0.15, 0.2) is 18.2 Å². The number of hydrogen-bond donors (Lipinski definition) is 3. The Morgan fingerprint density at radius 3 is 2.67 bits per heavy atom. The molecule has 4 heteroatoms. The third-order valence-corrected chi connectivity index (χ3v) is 1.45. The van der Waals surface area contributed by atoms with E-state index in [2.05, 4.69) is 5.32 Å². The Morgan fingerprint density at radius 2 is 2.08 bits per heavy atom. The largest absolute Gasteiger partial charge is 0.397 e. The van der Waals surface area contributed by atoms with Gasteiger partial charge in [-0.15, -0.1) is 0 Å². The summed E-state index contributed by atoms with van der Waals surface area (Å²) in [5, 5.41) is 2.57. The highest BCUT2D eigenvalue weighted by Crippen LogP contribution is 2.23. The van der Waals surface area contributed by atoms with Gasteiger partial charge in [-0.2, -0.15) is 0 Å². The second-order valence-electron chi connectivity index (χ2n) is 2.49. The van der Waals surface area contributed by atoms with Crippen LogP contribution in [0.2, 0.25) is 0 Å². The first-order valence-electron chi connectivity index (χ1n) is 3.53. The van der Waals surface area contributed by atoms with Crippen LogP contribution >= 0.6 is 0 Å². The Labute approximate surface area is 70.6 Å². The Kier molecular flexibility index (Phi) is 2.19. The van der Waals surface area contributed by atoms with Crippen LogP contribution in [0.5, 0.6) is 0 Å². The van der Waals surface area contributed by atoms with Crippen molar-refractivity contribution < 1.29 is 4.79 Å². The van der Waals surface area contributed by atoms with Gasteiger partial charge in [-0.3, -0.25) is 4.79 Å². The number of nitrogens with two attached hydrogens (primary N) is 2. The van der Waals surface area contributed by atoms with E-state index in [0.29, 0.717) is 17.1 Å². The maximum absolute atomic E-state index is 10.7. The molecule has 1 aromatic carbocycles. The first-order chi connectivity index (χ1) is 5.61. The second kappa shape index (κ2) is 3.13. The van der Waals surface area contributed by atoms with Crippen molar-refractivity contribution in [1.29, 1.82) is 0 Å². The van der Waals surface area contributed by atoms with Crippen molar-refractivity contribution in [2.24, 2.45) is 0 Å². The average molecular weight is 165 g/mol. The molecule has 1 aromatic rings. The zero-order chi connectivity index (χ0) is 9.14. The van der Waals surface area contributed by atoms with Gasteiger partial charge in [-0.1, -0.05) is 6.07 Å². The lowest BCUT2D eigenvalue weighted by Gasteiger charge is -2.07. The van der Waals surface area contributed by atoms with Gasteiger partial charge in [0.15, 0.2) is 0 Å². The van der Waals surface area contributed by atoms with Crippen LogP contribution in [0.3, 0.4) is 0 Å². The van der Waals surface area contributed by atoms with Crippen molar-refractivity contribution >= 4 is 23.0 Å². The molecular weight excluding hydrogens is 154 g/mol. The monoisotopic (exact) mass is 165 g/mol. The summed E-state index contributed by atoms with van der Waals surface area (Å²) in [5.41, 5.74) is 12.6. The fourth-order valence-electron chi connectivity index (χ4n) is 0.882. The van der Waals surface area contributed by atoms with Crippen LogP contribution in [0, 0.1) is 0 Å². The number of amides is 1. The number of carbonyl (C=O) groups excluding carboxylic acids is 1. The van der Waals surface area contributed by atoms with Crippen molar-refractivity contribution in [3.63, 3.8) is 0 Å². The lowest BCUT2D eigenvalue weighted by molar-refractivity contribution is -0.114. The fraction of sp³-hybridized carbons (Fsp3) is 0.125. The van der Waals surface area contributed by atoms with Gasteiger partial charge in [0.25, 0.3) is 0 Å². The third-order valence-electron chi connectivity index (χ3n) is 1.45. The molecule has 0 saturated heterocycles. The molecule has 12 heavy (non-hydrogen) atoms. The summed E-state index contributed by atoms with van der Waals surface area (Å²) in [6.45, 7) is 1.42. The molecule has 0 heterocycles. The molecular formula is C8H11N3O. The molecule has 0 atom stereocenters. The normalized spacial score (nSPS) is 9.42. The zero-order valence-electron chi connectivity index (χ0n) is 6.79. The lowest BCUT2D eigenvalue weighted by Crippen LogP contribution is -2.08. The van der Waals surface area contributed by atoms with E-state index in [4.69, 9.17) is 11.5 Å². The van der Waals surface area contributed by atoms with Gasteiger partial charge in [0.1, 0.15) is 0 Å². The Hall–Kier alpha value is -1.71. The van der Waals surface area contributed by atoms with Crippen molar-refractivity contribution in [3.05, 3.63) is 18.2 Å². The quantitative estimate of drug-likeness (QED) is 0.538. The number of rotatable bonds is 1. The van der Waals surface area contributed by atoms with Gasteiger partial charge in [0.2, 0.25) is 5.91 Å². The SMILES string of the molecule is CC(=O)Nc1cccc(N)c1N. The molecule has 0 aliphatic carbocycles. The first kappa shape index (κ1) is 8.39. The number of nitrogen functional groups attached to an aromatic ring is 2. The fourth-order valence-corrected chi connectivity index (χ4v) is 0.882. The van der Waals surface area contributed by atoms with Gasteiger partial charge in [-0.05, 0) is 12.1 Å². The summed E-state index contributed by atoms with van der Waals surface area (Å²) in [7, 11) is 0. The van der Waals surface area contributed by atoms with Crippen molar-refractivity contribution in [2.45, 2.75) is 6.92 Å². The van der Waals surface area contributed by atoms with Crippen molar-refractivity contribution in [1.82, 2.24) is 0 Å². The minimum Gasteiger partial charge on any atom is -0.397 e. The van der Waals surface area contributed by atoms with E-state index < -0.39 is 0 Å². The van der Waals surface area contributed by atoms with E-state index in [1.807, 2.05) is 0 Å². The first-order valence-corrected chi connectivity index (χ1v) is 3.53. The topological polar surface area (TPSA) is 81.1 Å². The third kappa shape index (κ3) is 1.66. The molecule has 4 nitrogen and oxygen atoms in total. The highest BCUT2D eigenvalue weighted by Gasteiger charge is 2.01. The smallest absolute Gasteiger partial charge is 0.221 e. The number of anilines is 3. The molecule has 0 aliphatic heterocycles. The van der Waals surface area contributed by atoms with Crippen molar-refractivity contribution in [3.8, 4) is 0 Å². The van der Waals surface area contributed by atoms with Crippen LogP contribution in [-0.4, -0.2) is 5.91 Å². The number of hydrogen-bond acceptors (Lipinski definition) is 3. The van der Waals surface area contributed by atoms with E-state index >= 15 is 0 Å². The molecule has 1 rings (SSSR count). The number of carbonyl (C=O) groups is 1. The predicted molar refractivity (Wildman–Crippen MR) is 49.6 cm³/mol. The van der Waals surface area contributed by atoms with Crippen LogP contribution in [0.4, 0.5) is 17.1 Å². The van der Waals surface area contributed by atoms with Gasteiger partial charge in [0, 0.05) is 6.92 Å². The lowest BCUT2D eigenvalue weighted by atomic mass is 10.2. The van der Waals surface area contributed by atoms with E-state index in [-0.39, 0.29) is 5.91 Å². The minimum absolute atomic E-state index is 0.160. The summed E-state index contributed by atoms with van der Waals surface area (Å²) < 4.78 is 0. The summed E-state index contributed by atoms with van der Waals surface area (Å²) in [6.07, 6.45) is 0. The molecule has 1 amide bonds. The molecule has 64 valence electrons. The number of benzene rings is 1. The zero-order valence-corrected chi connectivity index (χ0v) is 6.79.